The number of benzene rings is 2. The number of carbonyl (C=O) groups is 5. The molecular weight excluding hydrogens is 1250 g/mol. The number of allylic oxidation sites excluding steroid dienone is 4. The third-order valence-corrected chi connectivity index (χ3v) is 17.3. The lowest BCUT2D eigenvalue weighted by Gasteiger charge is -2.38. The van der Waals surface area contributed by atoms with Gasteiger partial charge >= 0.3 is 0 Å². The maximum absolute atomic E-state index is 11.3. The predicted octanol–water partition coefficient (Wildman–Crippen LogP) is 22.7. The van der Waals surface area contributed by atoms with Crippen molar-refractivity contribution >= 4 is 35.0 Å². The van der Waals surface area contributed by atoms with Crippen LogP contribution in [0.15, 0.2) is 84.7 Å². The van der Waals surface area contributed by atoms with Crippen LogP contribution in [0, 0.1) is 33.5 Å². The molecule has 12 nitrogen and oxygen atoms in total. The fourth-order valence-electron chi connectivity index (χ4n) is 11.3. The second-order valence-electron chi connectivity index (χ2n) is 32.7. The van der Waals surface area contributed by atoms with Gasteiger partial charge in [0.1, 0.15) is 11.6 Å². The SMILES string of the molecule is CC.CC.CC.CC.CC.CC.CC(=O)CCC1C=CC(C(C)(C)C)=C1.CC(=O)Cc1ccc(CCC(C)(C)C)cc1.CC(=O)N1CCN(c2ccc(C(C)(C)C)cc2)CC1.CC(=O)NC1CCC(C(C)(C)C)CC1.CC(=O)n1cc(C(C)(C)C)cn1.C[C@@H](CC(C)(C)C)N1CCN(C)CC1. The van der Waals surface area contributed by atoms with Crippen molar-refractivity contribution in [1.29, 1.82) is 0 Å². The highest BCUT2D eigenvalue weighted by atomic mass is 16.2. The van der Waals surface area contributed by atoms with Crippen molar-refractivity contribution in [3.8, 4) is 0 Å². The van der Waals surface area contributed by atoms with Crippen LogP contribution >= 0.6 is 0 Å². The Morgan fingerprint density at radius 2 is 1.00 bits per heavy atom. The quantitative estimate of drug-likeness (QED) is 0.200. The van der Waals surface area contributed by atoms with Crippen LogP contribution in [0.3, 0.4) is 0 Å². The van der Waals surface area contributed by atoms with Gasteiger partial charge in [-0.2, -0.15) is 5.10 Å². The second-order valence-corrected chi connectivity index (χ2v) is 32.7. The number of aromatic nitrogens is 2. The van der Waals surface area contributed by atoms with Gasteiger partial charge in [-0.1, -0.05) is 262 Å². The van der Waals surface area contributed by atoms with E-state index in [1.807, 2.05) is 88.0 Å². The molecule has 2 aliphatic carbocycles. The van der Waals surface area contributed by atoms with E-state index in [-0.39, 0.29) is 45.5 Å². The van der Waals surface area contributed by atoms with Crippen LogP contribution < -0.4 is 10.2 Å². The van der Waals surface area contributed by atoms with E-state index in [1.165, 1.54) is 85.9 Å². The molecule has 0 radical (unpaired) electrons. The highest BCUT2D eigenvalue weighted by Crippen LogP contribution is 2.38. The molecule has 3 heterocycles. The molecule has 586 valence electrons. The number of nitrogens with one attached hydrogen (secondary N) is 1. The number of rotatable bonds is 11. The number of ketones is 2. The summed E-state index contributed by atoms with van der Waals surface area (Å²) in [6, 6.07) is 18.4. The molecule has 2 aromatic carbocycles. The maximum Gasteiger partial charge on any atom is 0.243 e. The van der Waals surface area contributed by atoms with Crippen molar-refractivity contribution < 1.29 is 24.0 Å². The van der Waals surface area contributed by atoms with Crippen molar-refractivity contribution in [1.82, 2.24) is 29.8 Å². The Bertz CT molecular complexity index is 2650. The average molecular weight is 1410 g/mol. The van der Waals surface area contributed by atoms with Crippen molar-refractivity contribution in [3.05, 3.63) is 107 Å². The number of aryl methyl sites for hydroxylation is 1. The smallest absolute Gasteiger partial charge is 0.243 e. The van der Waals surface area contributed by atoms with E-state index in [9.17, 15) is 24.0 Å². The first kappa shape index (κ1) is 104. The molecule has 1 aromatic heterocycles. The van der Waals surface area contributed by atoms with Crippen LogP contribution in [-0.4, -0.2) is 125 Å². The summed E-state index contributed by atoms with van der Waals surface area (Å²) >= 11 is 0. The summed E-state index contributed by atoms with van der Waals surface area (Å²) in [4.78, 5) is 64.2. The first-order valence-electron chi connectivity index (χ1n) is 39.7. The van der Waals surface area contributed by atoms with E-state index in [2.05, 4.69) is 230 Å². The summed E-state index contributed by atoms with van der Waals surface area (Å²) in [6.07, 6.45) is 20.9. The molecule has 3 aromatic rings. The van der Waals surface area contributed by atoms with Crippen LogP contribution in [-0.2, 0) is 42.8 Å². The number of anilines is 1. The van der Waals surface area contributed by atoms with E-state index < -0.39 is 0 Å². The average Bonchev–Trinajstić information content (AvgIpc) is 1.42. The lowest BCUT2D eigenvalue weighted by atomic mass is 9.71. The first-order chi connectivity index (χ1) is 46.8. The maximum atomic E-state index is 11.3. The second kappa shape index (κ2) is 54.4. The van der Waals surface area contributed by atoms with E-state index >= 15 is 0 Å². The number of hydrogen-bond donors (Lipinski definition) is 1. The van der Waals surface area contributed by atoms with Crippen LogP contribution in [0.5, 0.6) is 0 Å². The van der Waals surface area contributed by atoms with Crippen molar-refractivity contribution in [2.45, 2.75) is 336 Å². The summed E-state index contributed by atoms with van der Waals surface area (Å²) in [7, 11) is 2.21. The van der Waals surface area contributed by atoms with Crippen molar-refractivity contribution in [3.63, 3.8) is 0 Å². The lowest BCUT2D eigenvalue weighted by molar-refractivity contribution is -0.129. The molecule has 2 atom stereocenters. The summed E-state index contributed by atoms with van der Waals surface area (Å²) < 4.78 is 1.36. The molecule has 1 saturated carbocycles. The molecule has 3 fully saturated rings. The van der Waals surface area contributed by atoms with Gasteiger partial charge in [-0.15, -0.1) is 0 Å². The van der Waals surface area contributed by atoms with Gasteiger partial charge < -0.3 is 24.8 Å². The highest BCUT2D eigenvalue weighted by Gasteiger charge is 2.30. The molecule has 0 spiro atoms. The minimum absolute atomic E-state index is 0.0505. The van der Waals surface area contributed by atoms with Gasteiger partial charge in [-0.05, 0) is 163 Å². The fourth-order valence-corrected chi connectivity index (χ4v) is 11.3. The highest BCUT2D eigenvalue weighted by molar-refractivity contribution is 5.78. The third kappa shape index (κ3) is 50.8. The standard InChI is InChI=1S/C16H24N2O.C15H22O.C13H20O.C12H26N2.C12H23NO.C9H14N2O.6C2H6/c1-13(19)17-9-11-18(12-10-17)15-7-5-14(6-8-15)16(2,3)4;1-12(16)11-14-7-5-13(6-8-14)9-10-15(2,3)4;1-10(14)5-6-11-7-8-12(9-11)13(2,3)4;1-11(10-12(2,3)4)14-8-6-13(5)7-9-14;1-9(14)13-11-7-5-10(6-8-11)12(2,3)4;1-7(12)11-6-8(5-10-11)9(2,3)4;6*1-2/h5-8H,9-12H2,1-4H3;5-8H,9-11H2,1-4H3;7-9,11H,5-6H2,1-4H3;11H,6-10H2,1-5H3;10-11H,5-8H2,1-4H3,(H,13,14);5-6H,1-4H3;6*1-2H3/t;;;11-;;;;;;;;/m...0......../s1. The number of carbonyl (C=O) groups excluding carboxylic acids is 5. The molecule has 1 unspecified atom stereocenters. The molecule has 2 aliphatic heterocycles. The minimum atomic E-state index is -0.0505. The van der Waals surface area contributed by atoms with E-state index in [4.69, 9.17) is 0 Å². The lowest BCUT2D eigenvalue weighted by Crippen LogP contribution is -2.48. The van der Waals surface area contributed by atoms with Crippen molar-refractivity contribution in [2.75, 3.05) is 64.3 Å². The van der Waals surface area contributed by atoms with E-state index in [1.54, 1.807) is 40.1 Å². The van der Waals surface area contributed by atoms with Crippen LogP contribution in [0.25, 0.3) is 0 Å². The summed E-state index contributed by atoms with van der Waals surface area (Å²) in [5.74, 6) is 2.07. The minimum Gasteiger partial charge on any atom is -0.368 e. The van der Waals surface area contributed by atoms with Gasteiger partial charge in [0.05, 0.1) is 6.20 Å². The predicted molar refractivity (Wildman–Crippen MR) is 445 cm³/mol. The van der Waals surface area contributed by atoms with Gasteiger partial charge in [0.25, 0.3) is 0 Å². The molecule has 0 bridgehead atoms. The Labute approximate surface area is 626 Å². The number of likely N-dealkylation sites (N-methyl/N-ethyl adjacent to an activating group) is 1. The number of amides is 2. The molecule has 2 saturated heterocycles. The first-order valence-corrected chi connectivity index (χ1v) is 39.7. The Hall–Kier alpha value is -5.20. The van der Waals surface area contributed by atoms with Crippen LogP contribution in [0.4, 0.5) is 5.69 Å². The molecular formula is C89H165N7O5. The number of nitrogens with zero attached hydrogens (tertiary/aromatic N) is 6. The summed E-state index contributed by atoms with van der Waals surface area (Å²) in [5, 5.41) is 6.96. The third-order valence-electron chi connectivity index (χ3n) is 17.3. The normalized spacial score (nSPS) is 16.9. The molecule has 1 N–H and O–H groups in total. The van der Waals surface area contributed by atoms with Gasteiger partial charge in [0.15, 0.2) is 0 Å². The molecule has 4 aliphatic rings. The fraction of sp³-hybridized carbons (Fsp3) is 0.730. The van der Waals surface area contributed by atoms with Crippen molar-refractivity contribution in [2.24, 2.45) is 33.5 Å². The molecule has 101 heavy (non-hydrogen) atoms. The summed E-state index contributed by atoms with van der Waals surface area (Å²) in [5.41, 5.74) is 9.36. The largest absolute Gasteiger partial charge is 0.368 e. The van der Waals surface area contributed by atoms with Crippen LogP contribution in [0.2, 0.25) is 0 Å². The number of Topliss-reactive ketones (excluding diaryl/α,β-unsaturated/α-hetero) is 2. The molecule has 12 heteroatoms. The Morgan fingerprint density at radius 3 is 1.35 bits per heavy atom. The monoisotopic (exact) mass is 1410 g/mol. The zero-order chi connectivity index (χ0) is 79.9. The number of hydrogen-bond acceptors (Lipinski definition) is 9. The Balaban J connectivity index is -0.000000355. The Morgan fingerprint density at radius 1 is 0.535 bits per heavy atom. The molecule has 7 rings (SSSR count). The van der Waals surface area contributed by atoms with E-state index in [0.717, 1.165) is 74.9 Å². The number of piperazine rings is 2. The topological polar surface area (TPSA) is 128 Å². The van der Waals surface area contributed by atoms with Gasteiger partial charge in [-0.3, -0.25) is 24.1 Å². The van der Waals surface area contributed by atoms with Crippen LogP contribution in [0.1, 0.15) is 328 Å². The zero-order valence-corrected chi connectivity index (χ0v) is 73.3. The zero-order valence-electron chi connectivity index (χ0n) is 73.3. The van der Waals surface area contributed by atoms with E-state index in [0.29, 0.717) is 41.0 Å². The van der Waals surface area contributed by atoms with Gasteiger partial charge in [0.2, 0.25) is 17.7 Å². The van der Waals surface area contributed by atoms with Gasteiger partial charge in [0, 0.05) is 110 Å². The molecule has 2 amide bonds. The van der Waals surface area contributed by atoms with Gasteiger partial charge in [-0.25, -0.2) is 4.68 Å². The Kier molecular flexibility index (Phi) is 56.3. The summed E-state index contributed by atoms with van der Waals surface area (Å²) in [6.45, 7) is 83.2.